The molecule has 3 aromatic carbocycles. The van der Waals surface area contributed by atoms with Crippen LogP contribution in [0.25, 0.3) is 0 Å². The molecule has 0 aliphatic heterocycles. The fourth-order valence-corrected chi connectivity index (χ4v) is 3.35. The lowest BCUT2D eigenvalue weighted by Crippen LogP contribution is -2.30. The molecule has 1 N–H and O–H groups in total. The van der Waals surface area contributed by atoms with E-state index in [2.05, 4.69) is 26.1 Å². The van der Waals surface area contributed by atoms with Gasteiger partial charge < -0.3 is 10.1 Å². The van der Waals surface area contributed by atoms with Crippen molar-refractivity contribution in [3.05, 3.63) is 94.5 Å². The molecule has 1 amide bonds. The summed E-state index contributed by atoms with van der Waals surface area (Å²) in [6, 6.07) is 20.6. The first-order chi connectivity index (χ1) is 15.0. The molecule has 0 heterocycles. The van der Waals surface area contributed by atoms with Gasteiger partial charge in [-0.15, -0.1) is 0 Å². The maximum atomic E-state index is 13.0. The molecule has 0 radical (unpaired) electrons. The second-order valence-corrected chi connectivity index (χ2v) is 9.26. The molecule has 0 saturated carbocycles. The van der Waals surface area contributed by atoms with Crippen LogP contribution in [0.1, 0.15) is 60.3 Å². The molecule has 166 valence electrons. The van der Waals surface area contributed by atoms with E-state index in [1.165, 1.54) is 5.56 Å². The number of hydrogen-bond donors (Lipinski definition) is 1. The molecule has 3 aromatic rings. The summed E-state index contributed by atoms with van der Waals surface area (Å²) in [5.41, 5.74) is 4.95. The van der Waals surface area contributed by atoms with E-state index in [0.29, 0.717) is 22.6 Å². The number of hydrogen-bond acceptors (Lipinski definition) is 3. The zero-order valence-electron chi connectivity index (χ0n) is 19.7. The fraction of sp³-hybridized carbons (Fsp3) is 0.286. The molecule has 0 bridgehead atoms. The van der Waals surface area contributed by atoms with Gasteiger partial charge >= 0.3 is 0 Å². The normalized spacial score (nSPS) is 12.2. The van der Waals surface area contributed by atoms with Gasteiger partial charge in [0, 0.05) is 16.8 Å². The summed E-state index contributed by atoms with van der Waals surface area (Å²) >= 11 is 0. The third kappa shape index (κ3) is 5.64. The number of rotatable bonds is 6. The van der Waals surface area contributed by atoms with Crippen molar-refractivity contribution in [1.82, 2.24) is 0 Å². The molecule has 0 aromatic heterocycles. The summed E-state index contributed by atoms with van der Waals surface area (Å²) in [7, 11) is 0. The van der Waals surface area contributed by atoms with E-state index >= 15 is 0 Å². The number of ether oxygens (including phenoxy) is 1. The van der Waals surface area contributed by atoms with Gasteiger partial charge in [0.25, 0.3) is 5.91 Å². The van der Waals surface area contributed by atoms with E-state index in [-0.39, 0.29) is 17.1 Å². The standard InChI is InChI=1S/C28H31NO3/c1-18-10-11-19(2)25(16-18)32-20(3)27(31)29-24-9-7-8-22(17-24)26(30)21-12-14-23(15-13-21)28(4,5)6/h7-17,20H,1-6H3,(H,29,31). The summed E-state index contributed by atoms with van der Waals surface area (Å²) in [5, 5.41) is 2.86. The Hall–Kier alpha value is -3.40. The quantitative estimate of drug-likeness (QED) is 0.472. The first-order valence-corrected chi connectivity index (χ1v) is 10.8. The molecule has 0 fully saturated rings. The van der Waals surface area contributed by atoms with Crippen LogP contribution in [-0.4, -0.2) is 17.8 Å². The van der Waals surface area contributed by atoms with E-state index in [4.69, 9.17) is 4.74 Å². The molecule has 0 aliphatic carbocycles. The minimum absolute atomic E-state index is 0.0293. The maximum absolute atomic E-state index is 13.0. The van der Waals surface area contributed by atoms with Crippen LogP contribution < -0.4 is 10.1 Å². The van der Waals surface area contributed by atoms with Gasteiger partial charge in [0.2, 0.25) is 0 Å². The van der Waals surface area contributed by atoms with E-state index in [1.807, 2.05) is 56.3 Å². The second kappa shape index (κ2) is 9.39. The van der Waals surface area contributed by atoms with E-state index in [0.717, 1.165) is 11.1 Å². The first kappa shape index (κ1) is 23.3. The van der Waals surface area contributed by atoms with Crippen molar-refractivity contribution >= 4 is 17.4 Å². The van der Waals surface area contributed by atoms with Gasteiger partial charge in [-0.1, -0.05) is 69.3 Å². The van der Waals surface area contributed by atoms with Gasteiger partial charge in [-0.2, -0.15) is 0 Å². The Morgan fingerprint density at radius 1 is 0.875 bits per heavy atom. The Bertz CT molecular complexity index is 1120. The minimum Gasteiger partial charge on any atom is -0.481 e. The van der Waals surface area contributed by atoms with Crippen molar-refractivity contribution in [3.8, 4) is 5.75 Å². The second-order valence-electron chi connectivity index (χ2n) is 9.26. The summed E-state index contributed by atoms with van der Waals surface area (Å²) in [5.74, 6) is 0.335. The Kier molecular flexibility index (Phi) is 6.83. The van der Waals surface area contributed by atoms with Gasteiger partial charge in [0.1, 0.15) is 5.75 Å². The predicted octanol–water partition coefficient (Wildman–Crippen LogP) is 6.24. The Balaban J connectivity index is 1.70. The lowest BCUT2D eigenvalue weighted by Gasteiger charge is -2.19. The van der Waals surface area contributed by atoms with Crippen LogP contribution >= 0.6 is 0 Å². The number of amides is 1. The smallest absolute Gasteiger partial charge is 0.265 e. The predicted molar refractivity (Wildman–Crippen MR) is 130 cm³/mol. The monoisotopic (exact) mass is 429 g/mol. The van der Waals surface area contributed by atoms with Crippen LogP contribution in [0.5, 0.6) is 5.75 Å². The molecule has 1 unspecified atom stereocenters. The summed E-state index contributed by atoms with van der Waals surface area (Å²) in [4.78, 5) is 25.6. The number of carbonyl (C=O) groups excluding carboxylic acids is 2. The number of aryl methyl sites for hydroxylation is 2. The fourth-order valence-electron chi connectivity index (χ4n) is 3.35. The molecule has 0 spiro atoms. The largest absolute Gasteiger partial charge is 0.481 e. The topological polar surface area (TPSA) is 55.4 Å². The van der Waals surface area contributed by atoms with Gasteiger partial charge in [-0.25, -0.2) is 0 Å². The third-order valence-corrected chi connectivity index (χ3v) is 5.42. The Labute approximate surface area is 190 Å². The summed E-state index contributed by atoms with van der Waals surface area (Å²) in [6.45, 7) is 12.1. The minimum atomic E-state index is -0.681. The summed E-state index contributed by atoms with van der Waals surface area (Å²) in [6.07, 6.45) is -0.681. The Morgan fingerprint density at radius 2 is 1.56 bits per heavy atom. The van der Waals surface area contributed by atoms with Crippen LogP contribution in [0.15, 0.2) is 66.7 Å². The highest BCUT2D eigenvalue weighted by atomic mass is 16.5. The SMILES string of the molecule is Cc1ccc(C)c(OC(C)C(=O)Nc2cccc(C(=O)c3ccc(C(C)(C)C)cc3)c2)c1. The van der Waals surface area contributed by atoms with E-state index in [9.17, 15) is 9.59 Å². The molecule has 3 rings (SSSR count). The van der Waals surface area contributed by atoms with Gasteiger partial charge in [-0.05, 0) is 61.1 Å². The van der Waals surface area contributed by atoms with Gasteiger partial charge in [0.15, 0.2) is 11.9 Å². The lowest BCUT2D eigenvalue weighted by atomic mass is 9.86. The van der Waals surface area contributed by atoms with Crippen molar-refractivity contribution in [2.45, 2.75) is 53.1 Å². The highest BCUT2D eigenvalue weighted by Crippen LogP contribution is 2.24. The van der Waals surface area contributed by atoms with Crippen LogP contribution in [0.2, 0.25) is 0 Å². The van der Waals surface area contributed by atoms with Crippen molar-refractivity contribution < 1.29 is 14.3 Å². The molecular formula is C28H31NO3. The number of benzene rings is 3. The highest BCUT2D eigenvalue weighted by Gasteiger charge is 2.18. The number of anilines is 1. The van der Waals surface area contributed by atoms with Crippen molar-refractivity contribution in [2.24, 2.45) is 0 Å². The van der Waals surface area contributed by atoms with Crippen LogP contribution in [0.4, 0.5) is 5.69 Å². The molecule has 1 atom stereocenters. The van der Waals surface area contributed by atoms with Gasteiger partial charge in [-0.3, -0.25) is 9.59 Å². The average molecular weight is 430 g/mol. The zero-order valence-corrected chi connectivity index (χ0v) is 19.7. The zero-order chi connectivity index (χ0) is 23.5. The molecule has 0 aliphatic rings. The maximum Gasteiger partial charge on any atom is 0.265 e. The number of carbonyl (C=O) groups is 2. The summed E-state index contributed by atoms with van der Waals surface area (Å²) < 4.78 is 5.87. The van der Waals surface area contributed by atoms with Crippen molar-refractivity contribution in [1.29, 1.82) is 0 Å². The van der Waals surface area contributed by atoms with Crippen LogP contribution in [0, 0.1) is 13.8 Å². The number of ketones is 1. The average Bonchev–Trinajstić information content (AvgIpc) is 2.75. The highest BCUT2D eigenvalue weighted by molar-refractivity contribution is 6.09. The molecule has 32 heavy (non-hydrogen) atoms. The van der Waals surface area contributed by atoms with Crippen LogP contribution in [-0.2, 0) is 10.2 Å². The molecular weight excluding hydrogens is 398 g/mol. The number of nitrogens with one attached hydrogen (secondary N) is 1. The molecule has 4 nitrogen and oxygen atoms in total. The van der Waals surface area contributed by atoms with Gasteiger partial charge in [0.05, 0.1) is 0 Å². The first-order valence-electron chi connectivity index (χ1n) is 10.8. The van der Waals surface area contributed by atoms with Crippen LogP contribution in [0.3, 0.4) is 0 Å². The third-order valence-electron chi connectivity index (χ3n) is 5.42. The van der Waals surface area contributed by atoms with E-state index < -0.39 is 6.10 Å². The van der Waals surface area contributed by atoms with Crippen molar-refractivity contribution in [2.75, 3.05) is 5.32 Å². The lowest BCUT2D eigenvalue weighted by molar-refractivity contribution is -0.122. The van der Waals surface area contributed by atoms with Crippen molar-refractivity contribution in [3.63, 3.8) is 0 Å². The Morgan fingerprint density at radius 3 is 2.22 bits per heavy atom. The molecule has 4 heteroatoms. The molecule has 0 saturated heterocycles. The van der Waals surface area contributed by atoms with E-state index in [1.54, 1.807) is 31.2 Å².